The Bertz CT molecular complexity index is 1300. The van der Waals surface area contributed by atoms with Crippen LogP contribution in [0.15, 0.2) is 28.1 Å². The van der Waals surface area contributed by atoms with Gasteiger partial charge in [-0.05, 0) is 60.9 Å². The minimum Gasteiger partial charge on any atom is -0.493 e. The minimum absolute atomic E-state index is 0.256. The quantitative estimate of drug-likeness (QED) is 0.236. The summed E-state index contributed by atoms with van der Waals surface area (Å²) in [4.78, 5) is 27.3. The Hall–Kier alpha value is -3.27. The van der Waals surface area contributed by atoms with E-state index in [0.717, 1.165) is 47.9 Å². The first-order chi connectivity index (χ1) is 17.5. The average Bonchev–Trinajstić information content (AvgIpc) is 3.24. The molecule has 1 unspecified atom stereocenters. The van der Waals surface area contributed by atoms with Crippen LogP contribution in [-0.2, 0) is 24.2 Å². The monoisotopic (exact) mass is 511 g/mol. The fourth-order valence-corrected chi connectivity index (χ4v) is 5.66. The van der Waals surface area contributed by atoms with Crippen molar-refractivity contribution in [3.63, 3.8) is 0 Å². The maximum atomic E-state index is 13.0. The van der Waals surface area contributed by atoms with Gasteiger partial charge in [0.2, 0.25) is 0 Å². The topological polar surface area (TPSA) is 108 Å². The van der Waals surface area contributed by atoms with Crippen molar-refractivity contribution in [3.05, 3.63) is 44.6 Å². The number of thiophene rings is 1. The van der Waals surface area contributed by atoms with Gasteiger partial charge in [-0.2, -0.15) is 5.10 Å². The standard InChI is InChI=1S/C26H33N5O4S/c1-4-5-6-7-12-35-20-11-9-18(14-21(20)34-3)15-27-28-23(32)16-31-26(33)24-19-10-8-17(2)13-22(19)36-25(24)29-30-31/h9,11,14-15,17H,4-8,10,12-13,16H2,1-3H3,(H,28,32)/b27-15-. The van der Waals surface area contributed by atoms with Crippen molar-refractivity contribution >= 4 is 33.7 Å². The van der Waals surface area contributed by atoms with Gasteiger partial charge in [0.1, 0.15) is 6.54 Å². The van der Waals surface area contributed by atoms with E-state index in [2.05, 4.69) is 34.7 Å². The molecule has 3 aromatic rings. The number of aryl methyl sites for hydroxylation is 1. The molecule has 1 amide bonds. The Morgan fingerprint density at radius 1 is 1.31 bits per heavy atom. The molecule has 1 aliphatic carbocycles. The largest absolute Gasteiger partial charge is 0.493 e. The lowest BCUT2D eigenvalue weighted by Crippen LogP contribution is -2.32. The molecule has 192 valence electrons. The Morgan fingerprint density at radius 2 is 2.17 bits per heavy atom. The number of rotatable bonds is 11. The van der Waals surface area contributed by atoms with Gasteiger partial charge in [-0.1, -0.05) is 38.3 Å². The summed E-state index contributed by atoms with van der Waals surface area (Å²) < 4.78 is 12.4. The predicted octanol–water partition coefficient (Wildman–Crippen LogP) is 4.10. The van der Waals surface area contributed by atoms with Crippen LogP contribution in [0.1, 0.15) is 62.0 Å². The number of aromatic nitrogens is 3. The molecular weight excluding hydrogens is 478 g/mol. The number of fused-ring (bicyclic) bond motifs is 3. The van der Waals surface area contributed by atoms with E-state index in [1.54, 1.807) is 13.2 Å². The number of hydrazone groups is 1. The lowest BCUT2D eigenvalue weighted by molar-refractivity contribution is -0.121. The lowest BCUT2D eigenvalue weighted by atomic mass is 9.89. The van der Waals surface area contributed by atoms with Crippen LogP contribution in [0.5, 0.6) is 11.5 Å². The van der Waals surface area contributed by atoms with Gasteiger partial charge in [-0.25, -0.2) is 10.1 Å². The molecule has 1 atom stereocenters. The molecule has 0 bridgehead atoms. The second-order valence-corrected chi connectivity index (χ2v) is 10.3. The Kier molecular flexibility index (Phi) is 8.69. The van der Waals surface area contributed by atoms with Crippen molar-refractivity contribution in [2.75, 3.05) is 13.7 Å². The zero-order valence-corrected chi connectivity index (χ0v) is 21.9. The average molecular weight is 512 g/mol. The molecule has 0 fully saturated rings. The minimum atomic E-state index is -0.460. The fourth-order valence-electron chi connectivity index (χ4n) is 4.34. The molecule has 0 aliphatic heterocycles. The van der Waals surface area contributed by atoms with Gasteiger partial charge >= 0.3 is 0 Å². The zero-order chi connectivity index (χ0) is 25.5. The SMILES string of the molecule is CCCCCCOc1ccc(/C=N\NC(=O)Cn2nnc3sc4c(c3c2=O)CCC(C)C4)cc1OC. The highest BCUT2D eigenvalue weighted by Crippen LogP contribution is 2.35. The van der Waals surface area contributed by atoms with E-state index in [1.165, 1.54) is 35.3 Å². The number of carbonyl (C=O) groups is 1. The van der Waals surface area contributed by atoms with Crippen molar-refractivity contribution in [1.29, 1.82) is 0 Å². The highest BCUT2D eigenvalue weighted by molar-refractivity contribution is 7.18. The number of nitrogens with zero attached hydrogens (tertiary/aromatic N) is 4. The molecular formula is C26H33N5O4S. The van der Waals surface area contributed by atoms with Crippen molar-refractivity contribution in [3.8, 4) is 11.5 Å². The van der Waals surface area contributed by atoms with Crippen LogP contribution in [0.3, 0.4) is 0 Å². The molecule has 10 heteroatoms. The Morgan fingerprint density at radius 3 is 2.97 bits per heavy atom. The van der Waals surface area contributed by atoms with Crippen LogP contribution in [0, 0.1) is 5.92 Å². The summed E-state index contributed by atoms with van der Waals surface area (Å²) in [6, 6.07) is 5.46. The number of nitrogens with one attached hydrogen (secondary N) is 1. The molecule has 4 rings (SSSR count). The van der Waals surface area contributed by atoms with Crippen molar-refractivity contribution in [2.45, 2.75) is 65.3 Å². The number of hydrogen-bond donors (Lipinski definition) is 1. The fraction of sp³-hybridized carbons (Fsp3) is 0.500. The number of amides is 1. The van der Waals surface area contributed by atoms with E-state index in [-0.39, 0.29) is 12.1 Å². The molecule has 0 saturated heterocycles. The maximum absolute atomic E-state index is 13.0. The number of hydrogen-bond acceptors (Lipinski definition) is 8. The van der Waals surface area contributed by atoms with Gasteiger partial charge in [0, 0.05) is 4.88 Å². The van der Waals surface area contributed by atoms with Crippen LogP contribution in [0.2, 0.25) is 0 Å². The third-order valence-corrected chi connectivity index (χ3v) is 7.46. The second-order valence-electron chi connectivity index (χ2n) is 9.20. The van der Waals surface area contributed by atoms with Crippen LogP contribution in [0.4, 0.5) is 0 Å². The maximum Gasteiger partial charge on any atom is 0.279 e. The van der Waals surface area contributed by atoms with E-state index in [0.29, 0.717) is 34.2 Å². The third kappa shape index (κ3) is 6.10. The molecule has 2 aromatic heterocycles. The summed E-state index contributed by atoms with van der Waals surface area (Å²) in [6.07, 6.45) is 8.91. The molecule has 9 nitrogen and oxygen atoms in total. The Labute approximate surface area is 214 Å². The number of benzene rings is 1. The summed E-state index contributed by atoms with van der Waals surface area (Å²) in [7, 11) is 1.59. The lowest BCUT2D eigenvalue weighted by Gasteiger charge is -2.17. The Balaban J connectivity index is 1.36. The zero-order valence-electron chi connectivity index (χ0n) is 21.1. The number of ether oxygens (including phenoxy) is 2. The highest BCUT2D eigenvalue weighted by Gasteiger charge is 2.24. The molecule has 1 aliphatic rings. The van der Waals surface area contributed by atoms with Crippen LogP contribution >= 0.6 is 11.3 Å². The number of methoxy groups -OCH3 is 1. The first-order valence-electron chi connectivity index (χ1n) is 12.5. The third-order valence-electron chi connectivity index (χ3n) is 6.32. The van der Waals surface area contributed by atoms with E-state index in [1.807, 2.05) is 12.1 Å². The molecule has 0 radical (unpaired) electrons. The van der Waals surface area contributed by atoms with E-state index in [9.17, 15) is 9.59 Å². The second kappa shape index (κ2) is 12.1. The first kappa shape index (κ1) is 25.8. The summed E-state index contributed by atoms with van der Waals surface area (Å²) in [5, 5.41) is 12.8. The smallest absolute Gasteiger partial charge is 0.279 e. The van der Waals surface area contributed by atoms with Gasteiger partial charge in [-0.15, -0.1) is 16.4 Å². The summed E-state index contributed by atoms with van der Waals surface area (Å²) in [6.45, 7) is 4.78. The van der Waals surface area contributed by atoms with Gasteiger partial charge in [0.15, 0.2) is 16.3 Å². The van der Waals surface area contributed by atoms with Gasteiger partial charge in [0.05, 0.1) is 25.3 Å². The van der Waals surface area contributed by atoms with Crippen LogP contribution in [-0.4, -0.2) is 40.8 Å². The number of carbonyl (C=O) groups excluding carboxylic acids is 1. The highest BCUT2D eigenvalue weighted by atomic mass is 32.1. The van der Waals surface area contributed by atoms with Gasteiger partial charge in [0.25, 0.3) is 11.5 Å². The molecule has 0 saturated carbocycles. The summed E-state index contributed by atoms with van der Waals surface area (Å²) in [5.74, 6) is 1.42. The molecule has 1 aromatic carbocycles. The van der Waals surface area contributed by atoms with Crippen molar-refractivity contribution in [2.24, 2.45) is 11.0 Å². The molecule has 36 heavy (non-hydrogen) atoms. The molecule has 1 N–H and O–H groups in total. The summed E-state index contributed by atoms with van der Waals surface area (Å²) >= 11 is 1.54. The van der Waals surface area contributed by atoms with E-state index in [4.69, 9.17) is 9.47 Å². The van der Waals surface area contributed by atoms with Gasteiger partial charge in [-0.3, -0.25) is 9.59 Å². The van der Waals surface area contributed by atoms with Crippen molar-refractivity contribution in [1.82, 2.24) is 20.4 Å². The molecule has 0 spiro atoms. The predicted molar refractivity (Wildman–Crippen MR) is 141 cm³/mol. The first-order valence-corrected chi connectivity index (χ1v) is 13.3. The van der Waals surface area contributed by atoms with E-state index < -0.39 is 5.91 Å². The van der Waals surface area contributed by atoms with Crippen LogP contribution < -0.4 is 20.5 Å². The van der Waals surface area contributed by atoms with Gasteiger partial charge < -0.3 is 9.47 Å². The van der Waals surface area contributed by atoms with E-state index >= 15 is 0 Å². The summed E-state index contributed by atoms with van der Waals surface area (Å²) in [5.41, 5.74) is 3.99. The van der Waals surface area contributed by atoms with Crippen molar-refractivity contribution < 1.29 is 14.3 Å². The van der Waals surface area contributed by atoms with Crippen LogP contribution in [0.25, 0.3) is 10.2 Å². The number of unbranched alkanes of at least 4 members (excludes halogenated alkanes) is 3. The molecule has 2 heterocycles. The normalized spacial score (nSPS) is 15.2.